The molecule has 0 spiro atoms. The van der Waals surface area contributed by atoms with Crippen molar-refractivity contribution in [2.75, 3.05) is 23.9 Å². The second-order valence-corrected chi connectivity index (χ2v) is 9.19. The van der Waals surface area contributed by atoms with Gasteiger partial charge in [-0.15, -0.1) is 16.9 Å². The summed E-state index contributed by atoms with van der Waals surface area (Å²) in [6.07, 6.45) is 1.71. The molecule has 2 atom stereocenters. The fourth-order valence-electron chi connectivity index (χ4n) is 3.39. The minimum Gasteiger partial charge on any atom is -0.477 e. The van der Waals surface area contributed by atoms with Crippen LogP contribution < -0.4 is 10.6 Å². The standard InChI is InChI=1S/C18H18N10O6S2/c1-27-18(23-25-26-27)36-6-8-5-35-16-11(15(31)28(16)12(8)17(32)33)22-14(30)10(24-34-2)13-19-4-3-9(21-13)20-7-29/h3-4,7,11,16H,5-6H2,1-2H3,(H,22,30)(H,32,33)(H,19,20,21,29)/b24-10-/t11?,16-/m1/s1. The highest BCUT2D eigenvalue weighted by molar-refractivity contribution is 8.01. The van der Waals surface area contributed by atoms with Crippen LogP contribution in [0.2, 0.25) is 0 Å². The highest BCUT2D eigenvalue weighted by Gasteiger charge is 2.54. The number of tetrazole rings is 1. The number of nitrogens with one attached hydrogen (secondary N) is 2. The van der Waals surface area contributed by atoms with Gasteiger partial charge in [0, 0.05) is 24.8 Å². The van der Waals surface area contributed by atoms with Gasteiger partial charge in [0.25, 0.3) is 11.8 Å². The monoisotopic (exact) mass is 534 g/mol. The number of oxime groups is 1. The molecule has 4 heterocycles. The van der Waals surface area contributed by atoms with Crippen LogP contribution >= 0.6 is 23.5 Å². The third-order valence-corrected chi connectivity index (χ3v) is 7.40. The van der Waals surface area contributed by atoms with Crippen LogP contribution in [0, 0.1) is 0 Å². The summed E-state index contributed by atoms with van der Waals surface area (Å²) in [5, 5.41) is 29.4. The number of carbonyl (C=O) groups is 4. The number of nitrogens with zero attached hydrogens (tertiary/aromatic N) is 8. The van der Waals surface area contributed by atoms with E-state index in [4.69, 9.17) is 4.84 Å². The first kappa shape index (κ1) is 25.0. The second kappa shape index (κ2) is 10.7. The molecule has 0 bridgehead atoms. The zero-order valence-electron chi connectivity index (χ0n) is 18.7. The summed E-state index contributed by atoms with van der Waals surface area (Å²) in [7, 11) is 2.88. The number of aromatic nitrogens is 6. The van der Waals surface area contributed by atoms with Gasteiger partial charge in [-0.25, -0.2) is 19.4 Å². The van der Waals surface area contributed by atoms with Crippen molar-refractivity contribution < 1.29 is 29.1 Å². The summed E-state index contributed by atoms with van der Waals surface area (Å²) in [6.45, 7) is 0. The van der Waals surface area contributed by atoms with E-state index in [9.17, 15) is 24.3 Å². The summed E-state index contributed by atoms with van der Waals surface area (Å²) in [5.74, 6) is -2.08. The molecule has 0 aromatic carbocycles. The Balaban J connectivity index is 1.50. The lowest BCUT2D eigenvalue weighted by atomic mass is 10.0. The van der Waals surface area contributed by atoms with Crippen LogP contribution in [0.3, 0.4) is 0 Å². The second-order valence-electron chi connectivity index (χ2n) is 7.14. The molecule has 1 unspecified atom stereocenters. The number of fused-ring (bicyclic) bond motifs is 1. The van der Waals surface area contributed by atoms with Crippen LogP contribution in [0.1, 0.15) is 5.82 Å². The van der Waals surface area contributed by atoms with Crippen LogP contribution in [-0.2, 0) is 31.1 Å². The number of carbonyl (C=O) groups excluding carboxylic acids is 3. The average molecular weight is 535 g/mol. The highest BCUT2D eigenvalue weighted by Crippen LogP contribution is 2.41. The smallest absolute Gasteiger partial charge is 0.352 e. The first-order chi connectivity index (χ1) is 17.3. The van der Waals surface area contributed by atoms with E-state index < -0.39 is 29.2 Å². The van der Waals surface area contributed by atoms with Gasteiger partial charge in [-0.1, -0.05) is 16.9 Å². The van der Waals surface area contributed by atoms with E-state index in [0.29, 0.717) is 22.9 Å². The third kappa shape index (κ3) is 4.85. The lowest BCUT2D eigenvalue weighted by Crippen LogP contribution is -2.71. The number of rotatable bonds is 10. The van der Waals surface area contributed by atoms with Crippen molar-refractivity contribution in [3.8, 4) is 0 Å². The Hall–Kier alpha value is -4.06. The van der Waals surface area contributed by atoms with Crippen molar-refractivity contribution in [1.82, 2.24) is 40.4 Å². The average Bonchev–Trinajstić information content (AvgIpc) is 3.28. The molecule has 16 nitrogen and oxygen atoms in total. The van der Waals surface area contributed by atoms with Crippen molar-refractivity contribution >= 4 is 59.2 Å². The fraction of sp³-hybridized carbons (Fsp3) is 0.333. The van der Waals surface area contributed by atoms with Gasteiger partial charge in [0.05, 0.1) is 0 Å². The molecule has 2 aromatic rings. The summed E-state index contributed by atoms with van der Waals surface area (Å²) in [6, 6.07) is 0.398. The minimum absolute atomic E-state index is 0.124. The van der Waals surface area contributed by atoms with Gasteiger partial charge in [-0.2, -0.15) is 0 Å². The number of carboxylic acid groups (broad SMARTS) is 1. The molecule has 2 aliphatic rings. The maximum Gasteiger partial charge on any atom is 0.352 e. The maximum atomic E-state index is 12.9. The van der Waals surface area contributed by atoms with Crippen molar-refractivity contribution in [2.45, 2.75) is 16.6 Å². The van der Waals surface area contributed by atoms with Crippen molar-refractivity contribution in [1.29, 1.82) is 0 Å². The van der Waals surface area contributed by atoms with E-state index in [1.807, 2.05) is 0 Å². The van der Waals surface area contributed by atoms with Crippen LogP contribution in [0.5, 0.6) is 0 Å². The number of carboxylic acids is 1. The number of hydrogen-bond acceptors (Lipinski definition) is 13. The maximum absolute atomic E-state index is 12.9. The third-order valence-electron chi connectivity index (χ3n) is 4.97. The van der Waals surface area contributed by atoms with E-state index in [1.165, 1.54) is 47.6 Å². The normalized spacial score (nSPS) is 19.3. The molecule has 0 aliphatic carbocycles. The van der Waals surface area contributed by atoms with Crippen LogP contribution in [-0.4, -0.2) is 100 Å². The molecule has 188 valence electrons. The zero-order valence-corrected chi connectivity index (χ0v) is 20.3. The van der Waals surface area contributed by atoms with Gasteiger partial charge in [-0.05, 0) is 22.1 Å². The molecule has 18 heteroatoms. The number of β-lactam (4-membered cyclic amide) rings is 1. The highest BCUT2D eigenvalue weighted by atomic mass is 32.2. The molecule has 1 fully saturated rings. The molecule has 3 amide bonds. The fourth-order valence-corrected chi connectivity index (χ4v) is 5.72. The molecule has 3 N–H and O–H groups in total. The van der Waals surface area contributed by atoms with Gasteiger partial charge in [0.1, 0.15) is 30.0 Å². The Morgan fingerprint density at radius 2 is 2.25 bits per heavy atom. The lowest BCUT2D eigenvalue weighted by Gasteiger charge is -2.49. The summed E-state index contributed by atoms with van der Waals surface area (Å²) in [4.78, 5) is 62.5. The molecule has 36 heavy (non-hydrogen) atoms. The first-order valence-electron chi connectivity index (χ1n) is 10.1. The van der Waals surface area contributed by atoms with Crippen LogP contribution in [0.4, 0.5) is 5.82 Å². The van der Waals surface area contributed by atoms with E-state index in [0.717, 1.165) is 4.90 Å². The summed E-state index contributed by atoms with van der Waals surface area (Å²) in [5.41, 5.74) is 0.0746. The Bertz CT molecular complexity index is 1280. The van der Waals surface area contributed by atoms with Gasteiger partial charge < -0.3 is 20.6 Å². The van der Waals surface area contributed by atoms with Gasteiger partial charge in [0.2, 0.25) is 17.3 Å². The van der Waals surface area contributed by atoms with E-state index in [2.05, 4.69) is 41.3 Å². The Labute approximate surface area is 210 Å². The van der Waals surface area contributed by atoms with Gasteiger partial charge in [0.15, 0.2) is 5.82 Å². The van der Waals surface area contributed by atoms with Gasteiger partial charge in [-0.3, -0.25) is 19.3 Å². The topological polar surface area (TPSA) is 207 Å². The largest absolute Gasteiger partial charge is 0.477 e. The van der Waals surface area contributed by atoms with Crippen molar-refractivity contribution in [3.63, 3.8) is 0 Å². The number of thioether (sulfide) groups is 2. The minimum atomic E-state index is -1.25. The van der Waals surface area contributed by atoms with E-state index in [1.54, 1.807) is 7.05 Å². The van der Waals surface area contributed by atoms with E-state index in [-0.39, 0.29) is 28.8 Å². The number of hydrogen-bond donors (Lipinski definition) is 3. The molecule has 2 aromatic heterocycles. The number of aliphatic carboxylic acids is 1. The number of amides is 3. The quantitative estimate of drug-likeness (QED) is 0.104. The number of anilines is 1. The Morgan fingerprint density at radius 3 is 2.92 bits per heavy atom. The van der Waals surface area contributed by atoms with Crippen LogP contribution in [0.15, 0.2) is 33.8 Å². The lowest BCUT2D eigenvalue weighted by molar-refractivity contribution is -0.150. The number of aryl methyl sites for hydroxylation is 1. The van der Waals surface area contributed by atoms with Crippen LogP contribution in [0.25, 0.3) is 0 Å². The zero-order chi connectivity index (χ0) is 25.8. The molecular weight excluding hydrogens is 516 g/mol. The van der Waals surface area contributed by atoms with Gasteiger partial charge >= 0.3 is 5.97 Å². The predicted molar refractivity (Wildman–Crippen MR) is 124 cm³/mol. The van der Waals surface area contributed by atoms with Crippen molar-refractivity contribution in [2.24, 2.45) is 12.2 Å². The predicted octanol–water partition coefficient (Wildman–Crippen LogP) is -1.55. The molecular formula is C18H18N10O6S2. The molecule has 4 rings (SSSR count). The summed E-state index contributed by atoms with van der Waals surface area (Å²) < 4.78 is 1.46. The molecule has 1 saturated heterocycles. The SMILES string of the molecule is CO/N=C(\C(=O)NC1C(=O)N2C(C(=O)O)=C(CSc3nnnn3C)CS[C@H]12)c1nccc(NC=O)n1. The first-order valence-corrected chi connectivity index (χ1v) is 12.1. The van der Waals surface area contributed by atoms with Crippen molar-refractivity contribution in [3.05, 3.63) is 29.4 Å². The molecule has 0 saturated carbocycles. The summed E-state index contributed by atoms with van der Waals surface area (Å²) >= 11 is 2.56. The molecule has 0 radical (unpaired) electrons. The Morgan fingerprint density at radius 1 is 1.44 bits per heavy atom. The van der Waals surface area contributed by atoms with E-state index >= 15 is 0 Å². The molecule has 2 aliphatic heterocycles. The Kier molecular flexibility index (Phi) is 7.44.